The molecule has 2 aliphatic rings. The summed E-state index contributed by atoms with van der Waals surface area (Å²) in [7, 11) is -14.0. The number of alkyl halides is 18. The van der Waals surface area contributed by atoms with Crippen LogP contribution in [0.3, 0.4) is 0 Å². The molecule has 2 aliphatic heterocycles. The van der Waals surface area contributed by atoms with E-state index in [-0.39, 0.29) is 0 Å². The van der Waals surface area contributed by atoms with Gasteiger partial charge in [0.25, 0.3) is 20.0 Å². The molecule has 2 fully saturated rings. The molecule has 0 aromatic carbocycles. The minimum Gasteiger partial charge on any atom is -0.346 e. The summed E-state index contributed by atoms with van der Waals surface area (Å²) in [6.07, 6.45) is -14.6. The predicted molar refractivity (Wildman–Crippen MR) is 142 cm³/mol. The lowest BCUT2D eigenvalue weighted by Gasteiger charge is -2.38. The zero-order chi connectivity index (χ0) is 44.1. The number of nitrogens with one attached hydrogen (secondary N) is 2. The summed E-state index contributed by atoms with van der Waals surface area (Å²) in [4.78, 5) is 49.5. The van der Waals surface area contributed by atoms with E-state index in [1.165, 1.54) is 0 Å². The Morgan fingerprint density at radius 2 is 0.643 bits per heavy atom. The van der Waals surface area contributed by atoms with Crippen LogP contribution in [-0.2, 0) is 39.2 Å². The van der Waals surface area contributed by atoms with Crippen LogP contribution in [0.25, 0.3) is 0 Å². The van der Waals surface area contributed by atoms with Gasteiger partial charge in [-0.1, -0.05) is 0 Å². The maximum absolute atomic E-state index is 14.1. The van der Waals surface area contributed by atoms with Gasteiger partial charge in [-0.05, 0) is 0 Å². The Hall–Kier alpha value is -3.56. The van der Waals surface area contributed by atoms with Gasteiger partial charge >= 0.3 is 70.2 Å². The molecule has 0 spiro atoms. The Morgan fingerprint density at radius 3 is 0.857 bits per heavy atom. The molecule has 2 saturated heterocycles. The zero-order valence-electron chi connectivity index (χ0n) is 26.7. The number of hydrogen-bond donors (Lipinski definition) is 2. The standard InChI is InChI=1S/C22H22F18N6O8S2/c23-15(24,19(31,32)33)17(27,28)21(37,38)55(51,52)45-7-3-43(4-8-45)13(49)11(47)41-1-2-42-12(48)14(50)44-5-9-46(10-6-44)56(53,54)22(39,40)18(29,30)16(25,26)20(34,35)36/h1-10H2,(H,41,47)(H,42,48). The molecule has 0 unspecified atom stereocenters. The van der Waals surface area contributed by atoms with Crippen LogP contribution in [0.2, 0.25) is 0 Å². The summed E-state index contributed by atoms with van der Waals surface area (Å²) >= 11 is 0. The first-order chi connectivity index (χ1) is 24.8. The molecular weight excluding hydrogens is 882 g/mol. The minimum absolute atomic E-state index is 0.378. The summed E-state index contributed by atoms with van der Waals surface area (Å²) in [6.45, 7) is -11.6. The monoisotopic (exact) mass is 904 g/mol. The van der Waals surface area contributed by atoms with Crippen molar-refractivity contribution in [3.05, 3.63) is 0 Å². The maximum Gasteiger partial charge on any atom is 0.460 e. The van der Waals surface area contributed by atoms with Crippen LogP contribution in [0.15, 0.2) is 0 Å². The van der Waals surface area contributed by atoms with Crippen molar-refractivity contribution >= 4 is 43.7 Å². The topological polar surface area (TPSA) is 174 Å². The lowest BCUT2D eigenvalue weighted by molar-refractivity contribution is -0.382. The third-order valence-electron chi connectivity index (χ3n) is 7.70. The van der Waals surface area contributed by atoms with Crippen molar-refractivity contribution in [1.29, 1.82) is 0 Å². The number of sulfonamides is 2. The molecule has 0 radical (unpaired) electrons. The molecule has 326 valence electrons. The van der Waals surface area contributed by atoms with Gasteiger partial charge in [0.05, 0.1) is 0 Å². The molecule has 0 atom stereocenters. The second kappa shape index (κ2) is 15.3. The number of carbonyl (C=O) groups excluding carboxylic acids is 4. The molecule has 4 amide bonds. The van der Waals surface area contributed by atoms with E-state index in [0.29, 0.717) is 9.80 Å². The number of carbonyl (C=O) groups is 4. The van der Waals surface area contributed by atoms with Gasteiger partial charge in [0.15, 0.2) is 0 Å². The fraction of sp³-hybridized carbons (Fsp3) is 0.818. The van der Waals surface area contributed by atoms with E-state index in [4.69, 9.17) is 0 Å². The van der Waals surface area contributed by atoms with Crippen LogP contribution in [0.5, 0.6) is 0 Å². The Kier molecular flexibility index (Phi) is 13.3. The SMILES string of the molecule is O=C(NCCNC(=O)C(=O)N1CCN(S(=O)(=O)C(F)(F)C(F)(F)C(F)(F)C(F)(F)F)CC1)C(=O)N1CCN(S(=O)(=O)C(F)(F)C(F)(F)C(F)(F)C(F)(F)F)CC1. The number of nitrogens with zero attached hydrogens (tertiary/aromatic N) is 4. The molecule has 2 heterocycles. The highest BCUT2D eigenvalue weighted by atomic mass is 32.2. The van der Waals surface area contributed by atoms with Crippen LogP contribution in [0.4, 0.5) is 79.0 Å². The van der Waals surface area contributed by atoms with E-state index >= 15 is 0 Å². The van der Waals surface area contributed by atoms with Crippen molar-refractivity contribution in [1.82, 2.24) is 29.0 Å². The van der Waals surface area contributed by atoms with Crippen molar-refractivity contribution in [2.45, 2.75) is 46.6 Å². The van der Waals surface area contributed by atoms with E-state index < -0.39 is 164 Å². The van der Waals surface area contributed by atoms with Crippen LogP contribution in [-0.4, -0.2) is 171 Å². The van der Waals surface area contributed by atoms with Gasteiger partial charge in [-0.3, -0.25) is 19.2 Å². The highest BCUT2D eigenvalue weighted by molar-refractivity contribution is 7.90. The Bertz CT molecular complexity index is 1620. The molecule has 0 aliphatic carbocycles. The Labute approximate surface area is 300 Å². The molecule has 56 heavy (non-hydrogen) atoms. The number of hydrogen-bond acceptors (Lipinski definition) is 8. The number of piperazine rings is 2. The van der Waals surface area contributed by atoms with Crippen molar-refractivity contribution in [2.24, 2.45) is 0 Å². The second-order valence-corrected chi connectivity index (χ2v) is 15.2. The normalized spacial score (nSPS) is 18.5. The molecule has 0 saturated carbocycles. The first-order valence-electron chi connectivity index (χ1n) is 14.3. The largest absolute Gasteiger partial charge is 0.460 e. The van der Waals surface area contributed by atoms with E-state index in [1.807, 2.05) is 0 Å². The average Bonchev–Trinajstić information content (AvgIpc) is 3.07. The van der Waals surface area contributed by atoms with E-state index in [9.17, 15) is 115 Å². The van der Waals surface area contributed by atoms with E-state index in [0.717, 1.165) is 0 Å². The second-order valence-electron chi connectivity index (χ2n) is 11.2. The molecule has 0 aromatic heterocycles. The highest BCUT2D eigenvalue weighted by Gasteiger charge is 2.87. The molecular formula is C22H22F18N6O8S2. The van der Waals surface area contributed by atoms with Gasteiger partial charge in [-0.15, -0.1) is 0 Å². The van der Waals surface area contributed by atoms with Gasteiger partial charge in [-0.25, -0.2) is 16.8 Å². The fourth-order valence-corrected chi connectivity index (χ4v) is 7.26. The van der Waals surface area contributed by atoms with Gasteiger partial charge in [0.1, 0.15) is 0 Å². The summed E-state index contributed by atoms with van der Waals surface area (Å²) in [5, 5.41) is -10.5. The minimum atomic E-state index is -7.53. The van der Waals surface area contributed by atoms with Crippen molar-refractivity contribution in [2.75, 3.05) is 65.4 Å². The number of halogens is 18. The third kappa shape index (κ3) is 8.09. The summed E-state index contributed by atoms with van der Waals surface area (Å²) in [6, 6.07) is 0. The smallest absolute Gasteiger partial charge is 0.346 e. The third-order valence-corrected chi connectivity index (χ3v) is 11.6. The molecule has 34 heteroatoms. The van der Waals surface area contributed by atoms with Gasteiger partial charge in [0, 0.05) is 65.4 Å². The van der Waals surface area contributed by atoms with Crippen LogP contribution >= 0.6 is 0 Å². The molecule has 2 N–H and O–H groups in total. The molecule has 0 aromatic rings. The molecule has 0 bridgehead atoms. The summed E-state index contributed by atoms with van der Waals surface area (Å²) < 4.78 is 284. The number of amides is 4. The lowest BCUT2D eigenvalue weighted by Crippen LogP contribution is -2.66. The van der Waals surface area contributed by atoms with Gasteiger partial charge < -0.3 is 20.4 Å². The fourth-order valence-electron chi connectivity index (χ4n) is 4.42. The summed E-state index contributed by atoms with van der Waals surface area (Å²) in [5.41, 5.74) is 0. The first kappa shape index (κ1) is 48.6. The number of rotatable bonds is 11. The Morgan fingerprint density at radius 1 is 0.411 bits per heavy atom. The van der Waals surface area contributed by atoms with Gasteiger partial charge in [0.2, 0.25) is 0 Å². The van der Waals surface area contributed by atoms with E-state index in [1.54, 1.807) is 10.6 Å². The maximum atomic E-state index is 14.1. The summed E-state index contributed by atoms with van der Waals surface area (Å²) in [5.74, 6) is -36.6. The van der Waals surface area contributed by atoms with Crippen LogP contribution < -0.4 is 10.6 Å². The van der Waals surface area contributed by atoms with Gasteiger partial charge in [-0.2, -0.15) is 87.6 Å². The predicted octanol–water partition coefficient (Wildman–Crippen LogP) is 1.02. The first-order valence-corrected chi connectivity index (χ1v) is 17.2. The Balaban J connectivity index is 1.90. The molecule has 2 rings (SSSR count). The van der Waals surface area contributed by atoms with Crippen LogP contribution in [0.1, 0.15) is 0 Å². The highest BCUT2D eigenvalue weighted by Crippen LogP contribution is 2.56. The van der Waals surface area contributed by atoms with Crippen molar-refractivity contribution < 1.29 is 115 Å². The molecule has 14 nitrogen and oxygen atoms in total. The zero-order valence-corrected chi connectivity index (χ0v) is 28.4. The average molecular weight is 905 g/mol. The van der Waals surface area contributed by atoms with Crippen molar-refractivity contribution in [3.63, 3.8) is 0 Å². The van der Waals surface area contributed by atoms with Crippen LogP contribution in [0, 0.1) is 0 Å². The quantitative estimate of drug-likeness (QED) is 0.176. The van der Waals surface area contributed by atoms with E-state index in [2.05, 4.69) is 0 Å². The van der Waals surface area contributed by atoms with Crippen molar-refractivity contribution in [3.8, 4) is 0 Å². The lowest BCUT2D eigenvalue weighted by atomic mass is 10.1.